The predicted molar refractivity (Wildman–Crippen MR) is 116 cm³/mol. The topological polar surface area (TPSA) is 64.7 Å². The van der Waals surface area contributed by atoms with Crippen molar-refractivity contribution in [2.75, 3.05) is 5.32 Å². The minimum atomic E-state index is -0.540. The molecule has 1 N–H and O–H groups in total. The SMILES string of the molecule is Cn1ccc(Nc2ccc3ncc4ccc(=O)n(-c5ccc(F)c(Cl)c5)c4c3c2)n1. The Morgan fingerprint density at radius 2 is 1.93 bits per heavy atom. The predicted octanol–water partition coefficient (Wildman–Crippen LogP) is 4.81. The van der Waals surface area contributed by atoms with Gasteiger partial charge in [0.1, 0.15) is 5.82 Å². The zero-order chi connectivity index (χ0) is 20.8. The molecule has 0 aliphatic heterocycles. The van der Waals surface area contributed by atoms with Crippen LogP contribution in [0.2, 0.25) is 5.02 Å². The summed E-state index contributed by atoms with van der Waals surface area (Å²) in [5.41, 5.74) is 2.42. The van der Waals surface area contributed by atoms with Crippen LogP contribution in [-0.2, 0) is 7.05 Å². The summed E-state index contributed by atoms with van der Waals surface area (Å²) in [5.74, 6) is 0.162. The van der Waals surface area contributed by atoms with E-state index in [9.17, 15) is 9.18 Å². The van der Waals surface area contributed by atoms with E-state index in [1.165, 1.54) is 28.8 Å². The van der Waals surface area contributed by atoms with Gasteiger partial charge in [-0.3, -0.25) is 19.0 Å². The van der Waals surface area contributed by atoms with Gasteiger partial charge in [-0.25, -0.2) is 4.39 Å². The molecule has 0 aliphatic rings. The summed E-state index contributed by atoms with van der Waals surface area (Å²) in [7, 11) is 1.84. The quantitative estimate of drug-likeness (QED) is 0.426. The third-order valence-corrected chi connectivity index (χ3v) is 5.15. The van der Waals surface area contributed by atoms with E-state index >= 15 is 0 Å². The molecule has 0 atom stereocenters. The van der Waals surface area contributed by atoms with Gasteiger partial charge in [-0.15, -0.1) is 0 Å². The largest absolute Gasteiger partial charge is 0.339 e. The van der Waals surface area contributed by atoms with E-state index < -0.39 is 5.82 Å². The highest BCUT2D eigenvalue weighted by molar-refractivity contribution is 6.30. The maximum Gasteiger partial charge on any atom is 0.255 e. The molecular weight excluding hydrogens is 405 g/mol. The summed E-state index contributed by atoms with van der Waals surface area (Å²) in [6.07, 6.45) is 3.56. The number of anilines is 2. The van der Waals surface area contributed by atoms with Crippen molar-refractivity contribution < 1.29 is 4.39 Å². The number of aromatic nitrogens is 4. The van der Waals surface area contributed by atoms with Crippen LogP contribution >= 0.6 is 11.6 Å². The lowest BCUT2D eigenvalue weighted by Crippen LogP contribution is -2.17. The lowest BCUT2D eigenvalue weighted by Gasteiger charge is -2.14. The van der Waals surface area contributed by atoms with Crippen molar-refractivity contribution in [1.82, 2.24) is 19.3 Å². The van der Waals surface area contributed by atoms with Crippen LogP contribution < -0.4 is 10.9 Å². The van der Waals surface area contributed by atoms with Gasteiger partial charge in [0, 0.05) is 48.0 Å². The second-order valence-corrected chi connectivity index (χ2v) is 7.31. The van der Waals surface area contributed by atoms with E-state index in [4.69, 9.17) is 11.6 Å². The van der Waals surface area contributed by atoms with Crippen LogP contribution in [0.15, 0.2) is 71.8 Å². The molecule has 5 rings (SSSR count). The van der Waals surface area contributed by atoms with Crippen LogP contribution in [0.5, 0.6) is 0 Å². The molecule has 0 aliphatic carbocycles. The normalized spacial score (nSPS) is 11.3. The van der Waals surface area contributed by atoms with Crippen LogP contribution in [-0.4, -0.2) is 19.3 Å². The van der Waals surface area contributed by atoms with Gasteiger partial charge in [0.05, 0.1) is 21.7 Å². The molecule has 0 amide bonds. The Balaban J connectivity index is 1.78. The fourth-order valence-electron chi connectivity index (χ4n) is 3.50. The first-order valence-corrected chi connectivity index (χ1v) is 9.54. The number of nitrogens with one attached hydrogen (secondary N) is 1. The third kappa shape index (κ3) is 3.09. The van der Waals surface area contributed by atoms with Gasteiger partial charge >= 0.3 is 0 Å². The number of hydrogen-bond donors (Lipinski definition) is 1. The molecule has 0 radical (unpaired) electrons. The van der Waals surface area contributed by atoms with E-state index in [1.807, 2.05) is 37.5 Å². The number of nitrogens with zero attached hydrogens (tertiary/aromatic N) is 4. The Hall–Kier alpha value is -3.71. The molecule has 148 valence electrons. The van der Waals surface area contributed by atoms with E-state index in [0.717, 1.165) is 22.0 Å². The molecular formula is C22H15ClFN5O. The van der Waals surface area contributed by atoms with Gasteiger partial charge in [0.15, 0.2) is 5.82 Å². The molecule has 0 saturated carbocycles. The van der Waals surface area contributed by atoms with Crippen LogP contribution in [0.1, 0.15) is 0 Å². The van der Waals surface area contributed by atoms with Crippen molar-refractivity contribution in [3.8, 4) is 5.69 Å². The molecule has 0 saturated heterocycles. The van der Waals surface area contributed by atoms with Gasteiger partial charge in [-0.1, -0.05) is 11.6 Å². The Morgan fingerprint density at radius 1 is 1.07 bits per heavy atom. The minimum Gasteiger partial charge on any atom is -0.339 e. The van der Waals surface area contributed by atoms with E-state index in [1.54, 1.807) is 16.9 Å². The standard InChI is InChI=1S/C22H15ClFN5O/c1-28-9-8-20(27-28)26-14-3-6-19-16(10-14)22-13(12-25-19)2-7-21(30)29(22)15-4-5-18(24)17(23)11-15/h2-12H,1H3,(H,26,27). The van der Waals surface area contributed by atoms with Crippen LogP contribution in [0, 0.1) is 5.82 Å². The monoisotopic (exact) mass is 419 g/mol. The molecule has 8 heteroatoms. The molecule has 0 unspecified atom stereocenters. The molecule has 30 heavy (non-hydrogen) atoms. The average molecular weight is 420 g/mol. The maximum atomic E-state index is 13.7. The summed E-state index contributed by atoms with van der Waals surface area (Å²) >= 11 is 5.98. The van der Waals surface area contributed by atoms with Crippen LogP contribution in [0.4, 0.5) is 15.9 Å². The summed E-state index contributed by atoms with van der Waals surface area (Å²) in [6, 6.07) is 15.0. The second kappa shape index (κ2) is 6.96. The fourth-order valence-corrected chi connectivity index (χ4v) is 3.67. The maximum absolute atomic E-state index is 13.7. The lowest BCUT2D eigenvalue weighted by atomic mass is 10.1. The van der Waals surface area contributed by atoms with Crippen LogP contribution in [0.3, 0.4) is 0 Å². The third-order valence-electron chi connectivity index (χ3n) is 4.86. The zero-order valence-electron chi connectivity index (χ0n) is 15.8. The lowest BCUT2D eigenvalue weighted by molar-refractivity contribution is 0.628. The van der Waals surface area contributed by atoms with E-state index in [2.05, 4.69) is 15.4 Å². The first-order valence-electron chi connectivity index (χ1n) is 9.16. The number of aryl methyl sites for hydroxylation is 1. The number of halogens is 2. The van der Waals surface area contributed by atoms with E-state index in [-0.39, 0.29) is 10.6 Å². The van der Waals surface area contributed by atoms with Crippen molar-refractivity contribution in [3.63, 3.8) is 0 Å². The Bertz CT molecular complexity index is 1490. The molecule has 5 aromatic rings. The molecule has 2 aromatic carbocycles. The van der Waals surface area contributed by atoms with Gasteiger partial charge < -0.3 is 5.32 Å². The highest BCUT2D eigenvalue weighted by Crippen LogP contribution is 2.29. The molecule has 0 spiro atoms. The highest BCUT2D eigenvalue weighted by atomic mass is 35.5. The molecule has 0 bridgehead atoms. The Labute approximate surface area is 175 Å². The molecule has 3 heterocycles. The summed E-state index contributed by atoms with van der Waals surface area (Å²) in [6.45, 7) is 0. The van der Waals surface area contributed by atoms with Crippen molar-refractivity contribution in [1.29, 1.82) is 0 Å². The average Bonchev–Trinajstić information content (AvgIpc) is 3.14. The second-order valence-electron chi connectivity index (χ2n) is 6.90. The smallest absolute Gasteiger partial charge is 0.255 e. The van der Waals surface area contributed by atoms with Gasteiger partial charge in [-0.05, 0) is 42.5 Å². The summed E-state index contributed by atoms with van der Waals surface area (Å²) in [4.78, 5) is 17.3. The first kappa shape index (κ1) is 18.3. The zero-order valence-corrected chi connectivity index (χ0v) is 16.6. The van der Waals surface area contributed by atoms with Crippen LogP contribution in [0.25, 0.3) is 27.5 Å². The number of pyridine rings is 2. The van der Waals surface area contributed by atoms with Gasteiger partial charge in [0.25, 0.3) is 5.56 Å². The van der Waals surface area contributed by atoms with Crippen molar-refractivity contribution in [2.45, 2.75) is 0 Å². The Kier molecular flexibility index (Phi) is 4.25. The number of hydrogen-bond acceptors (Lipinski definition) is 4. The molecule has 0 fully saturated rings. The number of fused-ring (bicyclic) bond motifs is 3. The fraction of sp³-hybridized carbons (Fsp3) is 0.0455. The Morgan fingerprint density at radius 3 is 2.70 bits per heavy atom. The number of benzene rings is 2. The summed E-state index contributed by atoms with van der Waals surface area (Å²) < 4.78 is 16.9. The highest BCUT2D eigenvalue weighted by Gasteiger charge is 2.12. The minimum absolute atomic E-state index is 0.0488. The van der Waals surface area contributed by atoms with E-state index in [0.29, 0.717) is 17.0 Å². The van der Waals surface area contributed by atoms with Gasteiger partial charge in [0.2, 0.25) is 0 Å². The summed E-state index contributed by atoms with van der Waals surface area (Å²) in [5, 5.41) is 9.08. The van der Waals surface area contributed by atoms with Crippen molar-refractivity contribution in [3.05, 3.63) is 88.2 Å². The van der Waals surface area contributed by atoms with Crippen molar-refractivity contribution >= 4 is 44.9 Å². The molecule has 6 nitrogen and oxygen atoms in total. The van der Waals surface area contributed by atoms with Gasteiger partial charge in [-0.2, -0.15) is 5.10 Å². The van der Waals surface area contributed by atoms with Crippen molar-refractivity contribution in [2.24, 2.45) is 7.05 Å². The molecule has 3 aromatic heterocycles. The number of rotatable bonds is 3. The first-order chi connectivity index (χ1) is 14.5.